The van der Waals surface area contributed by atoms with Gasteiger partial charge in [0.25, 0.3) is 0 Å². The van der Waals surface area contributed by atoms with E-state index >= 15 is 0 Å². The highest BCUT2D eigenvalue weighted by Gasteiger charge is 2.64. The van der Waals surface area contributed by atoms with Crippen molar-refractivity contribution in [3.05, 3.63) is 23.8 Å². The molecule has 1 aliphatic heterocycles. The van der Waals surface area contributed by atoms with Crippen LogP contribution in [0.2, 0.25) is 0 Å². The smallest absolute Gasteiger partial charge is 0.193 e. The topological polar surface area (TPSA) is 38.7 Å². The molecule has 6 atom stereocenters. The lowest BCUT2D eigenvalue weighted by molar-refractivity contribution is -0.222. The van der Waals surface area contributed by atoms with Crippen LogP contribution in [0.15, 0.2) is 23.8 Å². The average Bonchev–Trinajstić information content (AvgIpc) is 3.15. The van der Waals surface area contributed by atoms with E-state index in [2.05, 4.69) is 32.1 Å². The third-order valence-electron chi connectivity index (χ3n) is 8.36. The first kappa shape index (κ1) is 15.6. The summed E-state index contributed by atoms with van der Waals surface area (Å²) in [5.41, 5.74) is 1.92. The highest BCUT2D eigenvalue weighted by Crippen LogP contribution is 2.66. The highest BCUT2D eigenvalue weighted by molar-refractivity contribution is 5.30. The Morgan fingerprint density at radius 3 is 2.71 bits per heavy atom. The molecule has 24 heavy (non-hydrogen) atoms. The zero-order valence-electron chi connectivity index (χ0n) is 15.0. The van der Waals surface area contributed by atoms with Gasteiger partial charge in [0, 0.05) is 5.41 Å². The van der Waals surface area contributed by atoms with Gasteiger partial charge < -0.3 is 14.6 Å². The van der Waals surface area contributed by atoms with Crippen molar-refractivity contribution in [3.63, 3.8) is 0 Å². The zero-order chi connectivity index (χ0) is 16.6. The van der Waals surface area contributed by atoms with Crippen molar-refractivity contribution in [2.75, 3.05) is 13.2 Å². The largest absolute Gasteiger partial charge is 0.393 e. The predicted octanol–water partition coefficient (Wildman–Crippen LogP) is 3.83. The van der Waals surface area contributed by atoms with Crippen molar-refractivity contribution in [3.8, 4) is 0 Å². The second-order valence-corrected chi connectivity index (χ2v) is 9.25. The lowest BCUT2D eigenvalue weighted by atomic mass is 9.47. The van der Waals surface area contributed by atoms with Crippen molar-refractivity contribution in [1.29, 1.82) is 0 Å². The molecule has 5 aliphatic rings. The second kappa shape index (κ2) is 4.96. The van der Waals surface area contributed by atoms with E-state index in [9.17, 15) is 5.11 Å². The quantitative estimate of drug-likeness (QED) is 0.686. The van der Waals surface area contributed by atoms with Crippen LogP contribution < -0.4 is 0 Å². The normalized spacial score (nSPS) is 51.9. The number of aliphatic hydroxyl groups is 1. The lowest BCUT2D eigenvalue weighted by Gasteiger charge is -2.58. The molecular weight excluding hydrogens is 300 g/mol. The summed E-state index contributed by atoms with van der Waals surface area (Å²) >= 11 is 0. The Balaban J connectivity index is 1.50. The Morgan fingerprint density at radius 1 is 1.12 bits per heavy atom. The molecule has 2 saturated carbocycles. The molecule has 5 rings (SSSR count). The van der Waals surface area contributed by atoms with E-state index in [0.717, 1.165) is 44.8 Å². The van der Waals surface area contributed by atoms with Gasteiger partial charge >= 0.3 is 0 Å². The van der Waals surface area contributed by atoms with Crippen molar-refractivity contribution in [2.45, 2.75) is 64.3 Å². The molecule has 3 heteroatoms. The first-order valence-electron chi connectivity index (χ1n) is 9.83. The minimum atomic E-state index is -0.462. The van der Waals surface area contributed by atoms with Gasteiger partial charge in [-0.1, -0.05) is 31.6 Å². The fourth-order valence-corrected chi connectivity index (χ4v) is 6.93. The van der Waals surface area contributed by atoms with Crippen LogP contribution in [0, 0.1) is 28.6 Å². The van der Waals surface area contributed by atoms with Crippen LogP contribution in [-0.2, 0) is 9.47 Å². The number of fused-ring (bicyclic) bond motifs is 6. The molecule has 0 unspecified atom stereocenters. The number of hydrogen-bond acceptors (Lipinski definition) is 3. The SMILES string of the molecule is C[C@]12CC[C@@H](O)CC1=CC[C@@H]1[C@@H]2CC[C@@]2(C)[C@H]1C=CC21OCCO1. The molecule has 0 aromatic carbocycles. The van der Waals surface area contributed by atoms with Crippen LogP contribution in [0.3, 0.4) is 0 Å². The van der Waals surface area contributed by atoms with E-state index in [-0.39, 0.29) is 11.5 Å². The number of aliphatic hydroxyl groups excluding tert-OH is 1. The van der Waals surface area contributed by atoms with Crippen molar-refractivity contribution >= 4 is 0 Å². The fourth-order valence-electron chi connectivity index (χ4n) is 6.93. The monoisotopic (exact) mass is 330 g/mol. The average molecular weight is 330 g/mol. The van der Waals surface area contributed by atoms with E-state index in [4.69, 9.17) is 9.47 Å². The molecule has 0 bridgehead atoms. The van der Waals surface area contributed by atoms with E-state index in [1.165, 1.54) is 18.4 Å². The van der Waals surface area contributed by atoms with Crippen LogP contribution in [-0.4, -0.2) is 30.2 Å². The van der Waals surface area contributed by atoms with Crippen molar-refractivity contribution in [2.24, 2.45) is 28.6 Å². The van der Waals surface area contributed by atoms with Gasteiger partial charge in [-0.2, -0.15) is 0 Å². The molecule has 132 valence electrons. The van der Waals surface area contributed by atoms with Gasteiger partial charge in [0.15, 0.2) is 5.79 Å². The summed E-state index contributed by atoms with van der Waals surface area (Å²) in [5, 5.41) is 10.1. The molecule has 1 heterocycles. The Bertz CT molecular complexity index is 602. The molecule has 3 nitrogen and oxygen atoms in total. The summed E-state index contributed by atoms with van der Waals surface area (Å²) in [7, 11) is 0. The number of ether oxygens (including phenoxy) is 2. The summed E-state index contributed by atoms with van der Waals surface area (Å²) in [4.78, 5) is 0. The van der Waals surface area contributed by atoms with Gasteiger partial charge in [-0.25, -0.2) is 0 Å². The maximum atomic E-state index is 10.1. The Morgan fingerprint density at radius 2 is 1.92 bits per heavy atom. The van der Waals surface area contributed by atoms with E-state index in [1.54, 1.807) is 0 Å². The standard InChI is InChI=1S/C21H30O3/c1-19-8-5-15(22)13-14(19)3-4-16-17(19)6-9-20(2)18(16)7-10-21(20)23-11-12-24-21/h3,7,10,15-18,22H,4-6,8-9,11-13H2,1-2H3/t15-,16-,17+,18+,19+,20+/m1/s1. The third-order valence-corrected chi connectivity index (χ3v) is 8.36. The first-order valence-corrected chi connectivity index (χ1v) is 9.83. The van der Waals surface area contributed by atoms with Gasteiger partial charge in [-0.3, -0.25) is 0 Å². The minimum Gasteiger partial charge on any atom is -0.393 e. The van der Waals surface area contributed by atoms with Crippen LogP contribution in [0.4, 0.5) is 0 Å². The van der Waals surface area contributed by atoms with E-state index in [0.29, 0.717) is 17.3 Å². The molecule has 4 aliphatic carbocycles. The van der Waals surface area contributed by atoms with Crippen LogP contribution >= 0.6 is 0 Å². The molecule has 1 spiro atoms. The van der Waals surface area contributed by atoms with Crippen LogP contribution in [0.5, 0.6) is 0 Å². The lowest BCUT2D eigenvalue weighted by Crippen LogP contribution is -2.55. The van der Waals surface area contributed by atoms with Gasteiger partial charge in [0.05, 0.1) is 19.3 Å². The molecule has 1 saturated heterocycles. The highest BCUT2D eigenvalue weighted by atomic mass is 16.7. The summed E-state index contributed by atoms with van der Waals surface area (Å²) in [6.45, 7) is 6.31. The summed E-state index contributed by atoms with van der Waals surface area (Å²) in [5.74, 6) is 1.52. The maximum absolute atomic E-state index is 10.1. The maximum Gasteiger partial charge on any atom is 0.193 e. The molecule has 0 radical (unpaired) electrons. The Labute approximate surface area is 145 Å². The molecular formula is C21H30O3. The summed E-state index contributed by atoms with van der Waals surface area (Å²) < 4.78 is 12.3. The third kappa shape index (κ3) is 1.79. The second-order valence-electron chi connectivity index (χ2n) is 9.25. The summed E-state index contributed by atoms with van der Waals surface area (Å²) in [6, 6.07) is 0. The van der Waals surface area contributed by atoms with Gasteiger partial charge in [-0.15, -0.1) is 0 Å². The van der Waals surface area contributed by atoms with Crippen LogP contribution in [0.1, 0.15) is 52.4 Å². The van der Waals surface area contributed by atoms with Gasteiger partial charge in [-0.05, 0) is 67.8 Å². The van der Waals surface area contributed by atoms with Gasteiger partial charge in [0.1, 0.15) is 0 Å². The number of rotatable bonds is 0. The van der Waals surface area contributed by atoms with Gasteiger partial charge in [0.2, 0.25) is 0 Å². The first-order chi connectivity index (χ1) is 11.5. The van der Waals surface area contributed by atoms with E-state index in [1.807, 2.05) is 0 Å². The minimum absolute atomic E-state index is 0.0839. The number of hydrogen-bond donors (Lipinski definition) is 1. The fraction of sp³-hybridized carbons (Fsp3) is 0.810. The Kier molecular flexibility index (Phi) is 3.22. The summed E-state index contributed by atoms with van der Waals surface area (Å²) in [6.07, 6.45) is 13.6. The zero-order valence-corrected chi connectivity index (χ0v) is 15.0. The molecule has 0 amide bonds. The molecule has 0 aromatic heterocycles. The van der Waals surface area contributed by atoms with Crippen molar-refractivity contribution < 1.29 is 14.6 Å². The van der Waals surface area contributed by atoms with E-state index < -0.39 is 5.79 Å². The molecule has 0 aromatic rings. The van der Waals surface area contributed by atoms with Crippen molar-refractivity contribution in [1.82, 2.24) is 0 Å². The molecule has 3 fully saturated rings. The predicted molar refractivity (Wildman–Crippen MR) is 92.3 cm³/mol. The number of allylic oxidation sites excluding steroid dienone is 2. The van der Waals surface area contributed by atoms with Crippen LogP contribution in [0.25, 0.3) is 0 Å². The Hall–Kier alpha value is -0.640. The molecule has 1 N–H and O–H groups in total.